The van der Waals surface area contributed by atoms with E-state index < -0.39 is 23.6 Å². The van der Waals surface area contributed by atoms with Gasteiger partial charge in [0.1, 0.15) is 26.4 Å². The van der Waals surface area contributed by atoms with Gasteiger partial charge in [0.05, 0.1) is 5.41 Å². The summed E-state index contributed by atoms with van der Waals surface area (Å²) >= 11 is 0. The fourth-order valence-electron chi connectivity index (χ4n) is 2.86. The van der Waals surface area contributed by atoms with E-state index in [0.29, 0.717) is 19.5 Å². The maximum Gasteiger partial charge on any atom is 0.407 e. The zero-order valence-corrected chi connectivity index (χ0v) is 21.7. The molecule has 0 saturated heterocycles. The number of hydrogen-bond donors (Lipinski definition) is 2. The Labute approximate surface area is 203 Å². The molecule has 34 heavy (non-hydrogen) atoms. The lowest BCUT2D eigenvalue weighted by Gasteiger charge is -2.28. The zero-order chi connectivity index (χ0) is 26.4. The molecule has 196 valence electrons. The van der Waals surface area contributed by atoms with Crippen molar-refractivity contribution in [3.8, 4) is 0 Å². The molecule has 0 spiro atoms. The summed E-state index contributed by atoms with van der Waals surface area (Å²) in [7, 11) is 0. The first-order valence-electron chi connectivity index (χ1n) is 11.4. The molecule has 0 aliphatic rings. The monoisotopic (exact) mass is 486 g/mol. The normalized spacial score (nSPS) is 12.2. The van der Waals surface area contributed by atoms with Crippen LogP contribution in [-0.2, 0) is 28.5 Å². The Hall–Kier alpha value is -2.78. The molecule has 0 fully saturated rings. The summed E-state index contributed by atoms with van der Waals surface area (Å²) in [5.74, 6) is -0.695. The van der Waals surface area contributed by atoms with E-state index in [9.17, 15) is 19.2 Å². The second-order valence-corrected chi connectivity index (χ2v) is 10.1. The van der Waals surface area contributed by atoms with Gasteiger partial charge in [-0.25, -0.2) is 14.4 Å². The smallest absolute Gasteiger partial charge is 0.407 e. The highest BCUT2D eigenvalue weighted by atomic mass is 16.6. The Kier molecular flexibility index (Phi) is 13.9. The molecule has 0 heterocycles. The van der Waals surface area contributed by atoms with E-state index in [1.807, 2.05) is 6.92 Å². The van der Waals surface area contributed by atoms with Gasteiger partial charge in [-0.2, -0.15) is 0 Å². The summed E-state index contributed by atoms with van der Waals surface area (Å²) in [6, 6.07) is 0. The fraction of sp³-hybridized carbons (Fsp3) is 0.750. The number of hydrogen-bond acceptors (Lipinski definition) is 8. The number of rotatable bonds is 14. The van der Waals surface area contributed by atoms with Crippen LogP contribution in [0.3, 0.4) is 0 Å². The molecule has 0 radical (unpaired) electrons. The van der Waals surface area contributed by atoms with E-state index in [0.717, 1.165) is 6.42 Å². The van der Waals surface area contributed by atoms with Crippen molar-refractivity contribution >= 4 is 24.1 Å². The van der Waals surface area contributed by atoms with Gasteiger partial charge in [0.2, 0.25) is 0 Å². The van der Waals surface area contributed by atoms with Gasteiger partial charge >= 0.3 is 24.1 Å². The SMILES string of the molecule is C=C(C)C(=O)OCCOC(=O)NCCC(C)(C)CC(C)CNC(=O)OCCOC(=O)C(C)(C)C. The minimum absolute atomic E-state index is 0.00831. The highest BCUT2D eigenvalue weighted by molar-refractivity contribution is 5.86. The maximum absolute atomic E-state index is 11.8. The Morgan fingerprint density at radius 1 is 0.824 bits per heavy atom. The number of alkyl carbamates (subject to hydrolysis) is 2. The van der Waals surface area contributed by atoms with Crippen LogP contribution in [0.2, 0.25) is 0 Å². The number of ether oxygens (including phenoxy) is 4. The minimum Gasteiger partial charge on any atom is -0.462 e. The highest BCUT2D eigenvalue weighted by Crippen LogP contribution is 2.28. The van der Waals surface area contributed by atoms with Crippen LogP contribution in [0.1, 0.15) is 61.3 Å². The van der Waals surface area contributed by atoms with E-state index in [2.05, 4.69) is 31.1 Å². The van der Waals surface area contributed by atoms with Gasteiger partial charge < -0.3 is 29.6 Å². The largest absolute Gasteiger partial charge is 0.462 e. The van der Waals surface area contributed by atoms with Crippen molar-refractivity contribution in [2.24, 2.45) is 16.7 Å². The van der Waals surface area contributed by atoms with E-state index in [4.69, 9.17) is 18.9 Å². The van der Waals surface area contributed by atoms with Crippen LogP contribution in [-0.4, -0.2) is 63.6 Å². The van der Waals surface area contributed by atoms with Gasteiger partial charge in [-0.1, -0.05) is 27.4 Å². The van der Waals surface area contributed by atoms with Gasteiger partial charge in [-0.05, 0) is 51.9 Å². The number of carbonyl (C=O) groups excluding carboxylic acids is 4. The fourth-order valence-corrected chi connectivity index (χ4v) is 2.86. The molecule has 10 heteroatoms. The predicted octanol–water partition coefficient (Wildman–Crippen LogP) is 3.59. The molecule has 1 atom stereocenters. The second kappa shape index (κ2) is 15.2. The van der Waals surface area contributed by atoms with Gasteiger partial charge in [-0.3, -0.25) is 4.79 Å². The van der Waals surface area contributed by atoms with Crippen molar-refractivity contribution in [2.75, 3.05) is 39.5 Å². The summed E-state index contributed by atoms with van der Waals surface area (Å²) in [6.45, 7) is 17.2. The van der Waals surface area contributed by atoms with Crippen LogP contribution >= 0.6 is 0 Å². The molecule has 0 rings (SSSR count). The molecular formula is C24H42N2O8. The van der Waals surface area contributed by atoms with Crippen molar-refractivity contribution in [3.05, 3.63) is 12.2 Å². The Morgan fingerprint density at radius 2 is 1.32 bits per heavy atom. The number of nitrogens with one attached hydrogen (secondary N) is 2. The number of carbonyl (C=O) groups is 4. The summed E-state index contributed by atoms with van der Waals surface area (Å²) in [5.41, 5.74) is -0.398. The summed E-state index contributed by atoms with van der Waals surface area (Å²) < 4.78 is 19.9. The van der Waals surface area contributed by atoms with Crippen LogP contribution in [0.5, 0.6) is 0 Å². The summed E-state index contributed by atoms with van der Waals surface area (Å²) in [6.07, 6.45) is 0.382. The van der Waals surface area contributed by atoms with E-state index in [-0.39, 0.29) is 49.3 Å². The first-order chi connectivity index (χ1) is 15.6. The van der Waals surface area contributed by atoms with Crippen LogP contribution in [0.25, 0.3) is 0 Å². The quantitative estimate of drug-likeness (QED) is 0.165. The lowest BCUT2D eigenvalue weighted by molar-refractivity contribution is -0.153. The van der Waals surface area contributed by atoms with Crippen molar-refractivity contribution in [2.45, 2.75) is 61.3 Å². The van der Waals surface area contributed by atoms with Crippen LogP contribution < -0.4 is 10.6 Å². The van der Waals surface area contributed by atoms with Gasteiger partial charge in [0, 0.05) is 18.7 Å². The number of amides is 2. The minimum atomic E-state index is -0.596. The predicted molar refractivity (Wildman–Crippen MR) is 127 cm³/mol. The third-order valence-corrected chi connectivity index (χ3v) is 4.63. The molecule has 0 aromatic rings. The second-order valence-electron chi connectivity index (χ2n) is 10.1. The van der Waals surface area contributed by atoms with Gasteiger partial charge in [0.15, 0.2) is 0 Å². The van der Waals surface area contributed by atoms with Crippen molar-refractivity contribution < 1.29 is 38.1 Å². The van der Waals surface area contributed by atoms with E-state index in [1.54, 1.807) is 20.8 Å². The average molecular weight is 487 g/mol. The van der Waals surface area contributed by atoms with Gasteiger partial charge in [0.25, 0.3) is 0 Å². The molecule has 0 aliphatic carbocycles. The molecule has 0 bridgehead atoms. The third kappa shape index (κ3) is 15.9. The van der Waals surface area contributed by atoms with Crippen LogP contribution in [0, 0.1) is 16.7 Å². The lowest BCUT2D eigenvalue weighted by Crippen LogP contribution is -2.33. The van der Waals surface area contributed by atoms with Crippen molar-refractivity contribution in [3.63, 3.8) is 0 Å². The molecular weight excluding hydrogens is 444 g/mol. The van der Waals surface area contributed by atoms with Crippen LogP contribution in [0.4, 0.5) is 9.59 Å². The average Bonchev–Trinajstić information content (AvgIpc) is 2.71. The van der Waals surface area contributed by atoms with Crippen molar-refractivity contribution in [1.82, 2.24) is 10.6 Å². The molecule has 0 aliphatic heterocycles. The van der Waals surface area contributed by atoms with Gasteiger partial charge in [-0.15, -0.1) is 0 Å². The van der Waals surface area contributed by atoms with E-state index >= 15 is 0 Å². The molecule has 1 unspecified atom stereocenters. The first-order valence-corrected chi connectivity index (χ1v) is 11.4. The topological polar surface area (TPSA) is 129 Å². The standard InChI is InChI=1S/C24H42N2O8/c1-17(2)19(27)31-11-13-33-21(29)25-10-9-24(7,8)15-18(3)16-26-22(30)34-14-12-32-20(28)23(4,5)6/h18H,1,9-16H2,2-8H3,(H,25,29)(H,26,30). The van der Waals surface area contributed by atoms with E-state index in [1.165, 1.54) is 6.92 Å². The van der Waals surface area contributed by atoms with Crippen molar-refractivity contribution in [1.29, 1.82) is 0 Å². The summed E-state index contributed by atoms with van der Waals surface area (Å²) in [4.78, 5) is 46.4. The Bertz CT molecular complexity index is 698. The lowest BCUT2D eigenvalue weighted by atomic mass is 9.80. The molecule has 2 amide bonds. The molecule has 0 aromatic heterocycles. The Balaban J connectivity index is 3.99. The molecule has 0 aromatic carbocycles. The maximum atomic E-state index is 11.8. The third-order valence-electron chi connectivity index (χ3n) is 4.63. The molecule has 2 N–H and O–H groups in total. The highest BCUT2D eigenvalue weighted by Gasteiger charge is 2.23. The summed E-state index contributed by atoms with van der Waals surface area (Å²) in [5, 5.41) is 5.38. The molecule has 10 nitrogen and oxygen atoms in total. The first kappa shape index (κ1) is 31.2. The number of esters is 2. The zero-order valence-electron chi connectivity index (χ0n) is 21.7. The van der Waals surface area contributed by atoms with Crippen LogP contribution in [0.15, 0.2) is 12.2 Å². The molecule has 0 saturated carbocycles. The Morgan fingerprint density at radius 3 is 1.85 bits per heavy atom.